The summed E-state index contributed by atoms with van der Waals surface area (Å²) in [5.41, 5.74) is 4.27. The number of benzene rings is 2. The van der Waals surface area contributed by atoms with Gasteiger partial charge in [0, 0.05) is 0 Å². The Labute approximate surface area is 120 Å². The summed E-state index contributed by atoms with van der Waals surface area (Å²) >= 11 is 0. The first kappa shape index (κ1) is 14.9. The Bertz CT molecular complexity index is 597. The second-order valence-corrected chi connectivity index (χ2v) is 4.21. The number of hydrazone groups is 1. The van der Waals surface area contributed by atoms with Crippen molar-refractivity contribution in [1.82, 2.24) is 0 Å². The molecule has 3 nitrogen and oxygen atoms in total. The Morgan fingerprint density at radius 3 is 2.52 bits per heavy atom. The van der Waals surface area contributed by atoms with E-state index >= 15 is 0 Å². The highest BCUT2D eigenvalue weighted by Gasteiger charge is 2.28. The highest BCUT2D eigenvalue weighted by molar-refractivity contribution is 5.80. The number of ether oxygens (including phenoxy) is 1. The molecule has 0 spiro atoms. The molecular weight excluding hydrogens is 281 g/mol. The summed E-state index contributed by atoms with van der Waals surface area (Å²) in [6.07, 6.45) is -2.84. The summed E-state index contributed by atoms with van der Waals surface area (Å²) < 4.78 is 40.9. The van der Waals surface area contributed by atoms with Crippen molar-refractivity contribution in [2.45, 2.75) is 6.18 Å². The lowest BCUT2D eigenvalue weighted by Gasteiger charge is -2.09. The Kier molecular flexibility index (Phi) is 4.81. The van der Waals surface area contributed by atoms with Gasteiger partial charge >= 0.3 is 6.18 Å². The van der Waals surface area contributed by atoms with Crippen LogP contribution in [0.4, 0.5) is 18.9 Å². The molecule has 110 valence electrons. The SMILES string of the molecule is FC(F)(F)COc1cccc(C=NNc2ccccc2)c1. The van der Waals surface area contributed by atoms with Gasteiger partial charge in [0.15, 0.2) is 6.61 Å². The van der Waals surface area contributed by atoms with Crippen molar-refractivity contribution in [3.63, 3.8) is 0 Å². The molecule has 0 aliphatic rings. The lowest BCUT2D eigenvalue weighted by molar-refractivity contribution is -0.153. The first-order valence-corrected chi connectivity index (χ1v) is 6.17. The van der Waals surface area contributed by atoms with Gasteiger partial charge in [-0.2, -0.15) is 18.3 Å². The van der Waals surface area contributed by atoms with Crippen LogP contribution in [-0.4, -0.2) is 19.0 Å². The molecule has 2 aromatic rings. The van der Waals surface area contributed by atoms with Gasteiger partial charge < -0.3 is 4.74 Å². The van der Waals surface area contributed by atoms with Gasteiger partial charge in [-0.15, -0.1) is 0 Å². The highest BCUT2D eigenvalue weighted by Crippen LogP contribution is 2.18. The minimum absolute atomic E-state index is 0.149. The fourth-order valence-electron chi connectivity index (χ4n) is 1.54. The maximum Gasteiger partial charge on any atom is 0.422 e. The maximum atomic E-state index is 12.1. The summed E-state index contributed by atoms with van der Waals surface area (Å²) in [5.74, 6) is 0.149. The second-order valence-electron chi connectivity index (χ2n) is 4.21. The molecule has 0 heterocycles. The first-order chi connectivity index (χ1) is 10.0. The molecule has 21 heavy (non-hydrogen) atoms. The van der Waals surface area contributed by atoms with E-state index in [1.165, 1.54) is 18.3 Å². The van der Waals surface area contributed by atoms with Gasteiger partial charge in [-0.05, 0) is 29.8 Å². The average molecular weight is 294 g/mol. The molecule has 1 N–H and O–H groups in total. The molecule has 0 unspecified atom stereocenters. The Morgan fingerprint density at radius 1 is 1.05 bits per heavy atom. The third-order valence-electron chi connectivity index (χ3n) is 2.44. The number of hydrogen-bond donors (Lipinski definition) is 1. The molecule has 0 fully saturated rings. The average Bonchev–Trinajstić information content (AvgIpc) is 2.46. The summed E-state index contributed by atoms with van der Waals surface area (Å²) in [6, 6.07) is 15.6. The third-order valence-corrected chi connectivity index (χ3v) is 2.44. The molecule has 2 aromatic carbocycles. The van der Waals surface area contributed by atoms with Crippen molar-refractivity contribution in [2.75, 3.05) is 12.0 Å². The van der Waals surface area contributed by atoms with E-state index in [1.807, 2.05) is 30.3 Å². The van der Waals surface area contributed by atoms with Gasteiger partial charge in [-0.1, -0.05) is 30.3 Å². The number of halogens is 3. The van der Waals surface area contributed by atoms with Crippen LogP contribution in [0.1, 0.15) is 5.56 Å². The minimum atomic E-state index is -4.35. The van der Waals surface area contributed by atoms with Crippen LogP contribution >= 0.6 is 0 Å². The number of alkyl halides is 3. The van der Waals surface area contributed by atoms with Crippen molar-refractivity contribution < 1.29 is 17.9 Å². The van der Waals surface area contributed by atoms with Crippen molar-refractivity contribution in [1.29, 1.82) is 0 Å². The molecule has 0 bridgehead atoms. The quantitative estimate of drug-likeness (QED) is 0.666. The number of para-hydroxylation sites is 1. The van der Waals surface area contributed by atoms with Crippen LogP contribution in [0.5, 0.6) is 5.75 Å². The monoisotopic (exact) mass is 294 g/mol. The van der Waals surface area contributed by atoms with Crippen molar-refractivity contribution in [2.24, 2.45) is 5.10 Å². The molecule has 2 rings (SSSR count). The lowest BCUT2D eigenvalue weighted by Crippen LogP contribution is -2.19. The van der Waals surface area contributed by atoms with Gasteiger partial charge in [0.05, 0.1) is 11.9 Å². The summed E-state index contributed by atoms with van der Waals surface area (Å²) in [6.45, 7) is -1.31. The highest BCUT2D eigenvalue weighted by atomic mass is 19.4. The first-order valence-electron chi connectivity index (χ1n) is 6.17. The smallest absolute Gasteiger partial charge is 0.422 e. The van der Waals surface area contributed by atoms with Crippen molar-refractivity contribution >= 4 is 11.9 Å². The van der Waals surface area contributed by atoms with Crippen LogP contribution in [0.2, 0.25) is 0 Å². The van der Waals surface area contributed by atoms with E-state index in [1.54, 1.807) is 12.1 Å². The van der Waals surface area contributed by atoms with E-state index in [4.69, 9.17) is 0 Å². The standard InChI is InChI=1S/C15H13F3N2O/c16-15(17,18)11-21-14-8-4-5-12(9-14)10-19-20-13-6-2-1-3-7-13/h1-10,20H,11H2. The van der Waals surface area contributed by atoms with E-state index < -0.39 is 12.8 Å². The molecule has 0 aliphatic heterocycles. The van der Waals surface area contributed by atoms with Gasteiger partial charge in [0.2, 0.25) is 0 Å². The van der Waals surface area contributed by atoms with Crippen LogP contribution in [0, 0.1) is 0 Å². The fraction of sp³-hybridized carbons (Fsp3) is 0.133. The van der Waals surface area contributed by atoms with Gasteiger partial charge in [-0.3, -0.25) is 5.43 Å². The van der Waals surface area contributed by atoms with E-state index in [2.05, 4.69) is 15.3 Å². The maximum absolute atomic E-state index is 12.1. The predicted molar refractivity (Wildman–Crippen MR) is 75.7 cm³/mol. The fourth-order valence-corrected chi connectivity index (χ4v) is 1.54. The lowest BCUT2D eigenvalue weighted by atomic mass is 10.2. The number of anilines is 1. The van der Waals surface area contributed by atoms with Crippen LogP contribution < -0.4 is 10.2 Å². The van der Waals surface area contributed by atoms with Crippen LogP contribution in [-0.2, 0) is 0 Å². The van der Waals surface area contributed by atoms with E-state index in [9.17, 15) is 13.2 Å². The summed E-state index contributed by atoms with van der Waals surface area (Å²) in [4.78, 5) is 0. The molecular formula is C15H13F3N2O. The zero-order chi connectivity index (χ0) is 15.1. The Balaban J connectivity index is 1.94. The largest absolute Gasteiger partial charge is 0.484 e. The molecule has 6 heteroatoms. The van der Waals surface area contributed by atoms with Gasteiger partial charge in [0.25, 0.3) is 0 Å². The molecule has 0 atom stereocenters. The van der Waals surface area contributed by atoms with Crippen LogP contribution in [0.3, 0.4) is 0 Å². The number of hydrogen-bond acceptors (Lipinski definition) is 3. The number of nitrogens with zero attached hydrogens (tertiary/aromatic N) is 1. The van der Waals surface area contributed by atoms with E-state index in [0.717, 1.165) is 5.69 Å². The summed E-state index contributed by atoms with van der Waals surface area (Å²) in [7, 11) is 0. The van der Waals surface area contributed by atoms with E-state index in [-0.39, 0.29) is 5.75 Å². The Hall–Kier alpha value is -2.50. The van der Waals surface area contributed by atoms with Crippen molar-refractivity contribution in [3.8, 4) is 5.75 Å². The molecule has 0 saturated heterocycles. The van der Waals surface area contributed by atoms with Gasteiger partial charge in [0.1, 0.15) is 5.75 Å². The Morgan fingerprint density at radius 2 is 1.81 bits per heavy atom. The molecule has 0 aliphatic carbocycles. The zero-order valence-corrected chi connectivity index (χ0v) is 11.0. The molecule has 0 amide bonds. The molecule has 0 aromatic heterocycles. The zero-order valence-electron chi connectivity index (χ0n) is 11.0. The van der Waals surface area contributed by atoms with Crippen LogP contribution in [0.25, 0.3) is 0 Å². The summed E-state index contributed by atoms with van der Waals surface area (Å²) in [5, 5.41) is 4.01. The minimum Gasteiger partial charge on any atom is -0.484 e. The second kappa shape index (κ2) is 6.78. The van der Waals surface area contributed by atoms with E-state index in [0.29, 0.717) is 5.56 Å². The topological polar surface area (TPSA) is 33.6 Å². The van der Waals surface area contributed by atoms with Crippen molar-refractivity contribution in [3.05, 3.63) is 60.2 Å². The number of rotatable bonds is 5. The third kappa shape index (κ3) is 5.56. The molecule has 0 radical (unpaired) electrons. The number of nitrogens with one attached hydrogen (secondary N) is 1. The predicted octanol–water partition coefficient (Wildman–Crippen LogP) is 4.07. The van der Waals surface area contributed by atoms with Crippen LogP contribution in [0.15, 0.2) is 59.7 Å². The normalized spacial score (nSPS) is 11.6. The van der Waals surface area contributed by atoms with Gasteiger partial charge in [-0.25, -0.2) is 0 Å². The molecule has 0 saturated carbocycles.